The third kappa shape index (κ3) is 4.25. The molecule has 1 nitrogen and oxygen atoms in total. The van der Waals surface area contributed by atoms with Crippen molar-refractivity contribution in [3.63, 3.8) is 0 Å². The van der Waals surface area contributed by atoms with Crippen molar-refractivity contribution in [1.82, 2.24) is 4.57 Å². The lowest BCUT2D eigenvalue weighted by Crippen LogP contribution is -1.98. The van der Waals surface area contributed by atoms with Crippen LogP contribution in [0.2, 0.25) is 0 Å². The van der Waals surface area contributed by atoms with E-state index in [4.69, 9.17) is 0 Å². The first-order valence-electron chi connectivity index (χ1n) is 15.8. The van der Waals surface area contributed by atoms with Gasteiger partial charge < -0.3 is 4.57 Å². The molecule has 0 bridgehead atoms. The number of hydrogen-bond acceptors (Lipinski definition) is 1. The summed E-state index contributed by atoms with van der Waals surface area (Å²) in [4.78, 5) is 2.67. The Morgan fingerprint density at radius 2 is 1.37 bits per heavy atom. The minimum Gasteiger partial charge on any atom is -0.309 e. The van der Waals surface area contributed by atoms with Gasteiger partial charge in [-0.2, -0.15) is 0 Å². The summed E-state index contributed by atoms with van der Waals surface area (Å²) in [5, 5.41) is 2.52. The van der Waals surface area contributed by atoms with Gasteiger partial charge in [0.05, 0.1) is 11.0 Å². The molecule has 0 unspecified atom stereocenters. The van der Waals surface area contributed by atoms with E-state index in [-0.39, 0.29) is 0 Å². The quantitative estimate of drug-likeness (QED) is 0.184. The topological polar surface area (TPSA) is 4.93 Å². The fraction of sp³-hybridized carbons (Fsp3) is 0.0455. The highest BCUT2D eigenvalue weighted by Gasteiger charge is 2.27. The Morgan fingerprint density at radius 3 is 2.20 bits per heavy atom. The number of aromatic nitrogens is 1. The Labute approximate surface area is 273 Å². The van der Waals surface area contributed by atoms with Crippen LogP contribution >= 0.6 is 11.3 Å². The van der Waals surface area contributed by atoms with Crippen LogP contribution in [-0.4, -0.2) is 4.57 Å². The Hall–Kier alpha value is -5.62. The van der Waals surface area contributed by atoms with Crippen LogP contribution in [0.15, 0.2) is 146 Å². The maximum absolute atomic E-state index is 3.46. The highest BCUT2D eigenvalue weighted by molar-refractivity contribution is 7.19. The molecule has 0 radical (unpaired) electrons. The van der Waals surface area contributed by atoms with Gasteiger partial charge in [-0.25, -0.2) is 0 Å². The fourth-order valence-electron chi connectivity index (χ4n) is 7.15. The highest BCUT2D eigenvalue weighted by Crippen LogP contribution is 2.52. The Balaban J connectivity index is 1.43. The molecule has 0 spiro atoms. The van der Waals surface area contributed by atoms with Gasteiger partial charge in [0.15, 0.2) is 0 Å². The van der Waals surface area contributed by atoms with Crippen molar-refractivity contribution in [3.8, 4) is 48.8 Å². The van der Waals surface area contributed by atoms with Crippen molar-refractivity contribution >= 4 is 39.2 Å². The SMILES string of the molecule is c1cccc(-c2ccc3c4ccccc4n(-c4ccccc4)c3c2-c2sc(-c3ccccc3-c3ccccc3)c3c2CCC=C3)c#1. The van der Waals surface area contributed by atoms with E-state index in [2.05, 4.69) is 162 Å². The van der Waals surface area contributed by atoms with Crippen LogP contribution in [0.1, 0.15) is 17.5 Å². The molecule has 0 amide bonds. The van der Waals surface area contributed by atoms with E-state index >= 15 is 0 Å². The van der Waals surface area contributed by atoms with Crippen molar-refractivity contribution in [3.05, 3.63) is 169 Å². The second-order valence-electron chi connectivity index (χ2n) is 11.8. The van der Waals surface area contributed by atoms with Crippen molar-refractivity contribution in [1.29, 1.82) is 0 Å². The van der Waals surface area contributed by atoms with Crippen LogP contribution in [0.4, 0.5) is 0 Å². The molecule has 1 aliphatic carbocycles. The molecule has 0 saturated carbocycles. The van der Waals surface area contributed by atoms with Gasteiger partial charge in [-0.1, -0.05) is 133 Å². The maximum Gasteiger partial charge on any atom is 0.0634 e. The Morgan fingerprint density at radius 1 is 0.609 bits per heavy atom. The van der Waals surface area contributed by atoms with Gasteiger partial charge >= 0.3 is 0 Å². The van der Waals surface area contributed by atoms with E-state index in [0.29, 0.717) is 0 Å². The molecule has 0 atom stereocenters. The number of hydrogen-bond donors (Lipinski definition) is 0. The fourth-order valence-corrected chi connectivity index (χ4v) is 8.59. The zero-order chi connectivity index (χ0) is 30.5. The molecule has 2 heteroatoms. The summed E-state index contributed by atoms with van der Waals surface area (Å²) in [6.07, 6.45) is 6.76. The zero-order valence-corrected chi connectivity index (χ0v) is 26.0. The molecule has 46 heavy (non-hydrogen) atoms. The lowest BCUT2D eigenvalue weighted by atomic mass is 9.89. The monoisotopic (exact) mass is 603 g/mol. The van der Waals surface area contributed by atoms with E-state index in [0.717, 1.165) is 24.1 Å². The van der Waals surface area contributed by atoms with Crippen LogP contribution in [0.3, 0.4) is 0 Å². The molecule has 9 rings (SSSR count). The summed E-state index contributed by atoms with van der Waals surface area (Å²) in [7, 11) is 0. The summed E-state index contributed by atoms with van der Waals surface area (Å²) < 4.78 is 2.47. The summed E-state index contributed by atoms with van der Waals surface area (Å²) >= 11 is 1.94. The van der Waals surface area contributed by atoms with E-state index in [1.165, 1.54) is 70.5 Å². The number of thiophene rings is 1. The Bertz CT molecular complexity index is 2390. The second-order valence-corrected chi connectivity index (χ2v) is 12.8. The van der Waals surface area contributed by atoms with Crippen LogP contribution in [0.5, 0.6) is 0 Å². The van der Waals surface area contributed by atoms with E-state index in [9.17, 15) is 0 Å². The van der Waals surface area contributed by atoms with Gasteiger partial charge in [0.2, 0.25) is 0 Å². The first-order chi connectivity index (χ1) is 22.9. The van der Waals surface area contributed by atoms with Gasteiger partial charge in [0.25, 0.3) is 0 Å². The predicted octanol–water partition coefficient (Wildman–Crippen LogP) is 12.1. The minimum atomic E-state index is 1.01. The van der Waals surface area contributed by atoms with E-state index < -0.39 is 0 Å². The number of nitrogens with zero attached hydrogens (tertiary/aromatic N) is 1. The lowest BCUT2D eigenvalue weighted by molar-refractivity contribution is 0.996. The van der Waals surface area contributed by atoms with Crippen molar-refractivity contribution in [2.75, 3.05) is 0 Å². The summed E-state index contributed by atoms with van der Waals surface area (Å²) in [6.45, 7) is 0. The number of para-hydroxylation sites is 2. The average molecular weight is 604 g/mol. The molecule has 1 aliphatic rings. The summed E-state index contributed by atoms with van der Waals surface area (Å²) in [5.41, 5.74) is 13.7. The third-order valence-corrected chi connectivity index (χ3v) is 10.5. The molecule has 2 aromatic heterocycles. The van der Waals surface area contributed by atoms with E-state index in [1.54, 1.807) is 0 Å². The molecular weight excluding hydrogens is 575 g/mol. The standard InChI is InChI=1S/C44H29NS/c1-4-16-30(17-5-1)33-22-10-11-24-37(33)43-38-25-12-13-26-39(38)44(46-43)41-34(31-18-6-2-7-19-31)28-29-36-35-23-14-15-27-40(35)45(42(36)41)32-20-8-3-9-21-32/h1-6,8-12,14-18,20-25,27-29H,13,26H2. The van der Waals surface area contributed by atoms with Crippen molar-refractivity contribution < 1.29 is 0 Å². The van der Waals surface area contributed by atoms with Gasteiger partial charge in [-0.3, -0.25) is 0 Å². The Kier molecular flexibility index (Phi) is 6.44. The number of fused-ring (bicyclic) bond motifs is 4. The first-order valence-corrected chi connectivity index (χ1v) is 16.7. The van der Waals surface area contributed by atoms with Gasteiger partial charge in [0.1, 0.15) is 0 Å². The number of allylic oxidation sites excluding steroid dienone is 1. The number of rotatable bonds is 5. The normalized spacial score (nSPS) is 12.3. The molecule has 0 fully saturated rings. The third-order valence-electron chi connectivity index (χ3n) is 9.17. The van der Waals surface area contributed by atoms with E-state index in [1.807, 2.05) is 17.4 Å². The summed E-state index contributed by atoms with van der Waals surface area (Å²) in [6, 6.07) is 56.8. The van der Waals surface area contributed by atoms with Crippen LogP contribution in [-0.2, 0) is 6.42 Å². The molecule has 2 heterocycles. The number of benzene rings is 5. The largest absolute Gasteiger partial charge is 0.309 e. The lowest BCUT2D eigenvalue weighted by Gasteiger charge is -2.16. The van der Waals surface area contributed by atoms with Gasteiger partial charge in [-0.05, 0) is 65.4 Å². The average Bonchev–Trinajstić information content (AvgIpc) is 3.69. The minimum absolute atomic E-state index is 1.01. The predicted molar refractivity (Wildman–Crippen MR) is 195 cm³/mol. The maximum atomic E-state index is 3.46. The van der Waals surface area contributed by atoms with Gasteiger partial charge in [-0.15, -0.1) is 11.3 Å². The highest BCUT2D eigenvalue weighted by atomic mass is 32.1. The molecule has 6 aromatic carbocycles. The van der Waals surface area contributed by atoms with Crippen molar-refractivity contribution in [2.24, 2.45) is 0 Å². The zero-order valence-electron chi connectivity index (χ0n) is 25.2. The molecule has 0 saturated heterocycles. The molecule has 0 N–H and O–H groups in total. The molecule has 216 valence electrons. The van der Waals surface area contributed by atoms with Crippen molar-refractivity contribution in [2.45, 2.75) is 12.8 Å². The second kappa shape index (κ2) is 11.1. The van der Waals surface area contributed by atoms with Crippen LogP contribution < -0.4 is 0 Å². The van der Waals surface area contributed by atoms with Crippen LogP contribution in [0, 0.1) is 12.1 Å². The molecule has 0 aliphatic heterocycles. The molecule has 8 aromatic rings. The first kappa shape index (κ1) is 26.8. The smallest absolute Gasteiger partial charge is 0.0634 e. The van der Waals surface area contributed by atoms with Crippen LogP contribution in [0.25, 0.3) is 76.7 Å². The van der Waals surface area contributed by atoms with Gasteiger partial charge in [0, 0.05) is 48.5 Å². The molecular formula is C44H29NS. The summed E-state index contributed by atoms with van der Waals surface area (Å²) in [5.74, 6) is 0.